The maximum Gasteiger partial charge on any atom is 0.379 e. The van der Waals surface area contributed by atoms with E-state index in [1.807, 2.05) is 0 Å². The molecule has 1 atom stereocenters. The van der Waals surface area contributed by atoms with Crippen LogP contribution >= 0.6 is 0 Å². The van der Waals surface area contributed by atoms with Crippen molar-refractivity contribution in [3.8, 4) is 0 Å². The number of unbranched alkanes of at least 4 members (excludes halogenated alkanes) is 31. The zero-order chi connectivity index (χ0) is 67.1. The third kappa shape index (κ3) is 63.1. The van der Waals surface area contributed by atoms with Crippen molar-refractivity contribution >= 4 is 47.9 Å². The molecule has 0 aromatic carbocycles. The third-order valence-corrected chi connectivity index (χ3v) is 14.6. The molecule has 0 amide bonds. The minimum absolute atomic E-state index is 0.0763. The molecular weight excluding hydrogens is 1140 g/mol. The summed E-state index contributed by atoms with van der Waals surface area (Å²) in [6, 6.07) is 0. The molecule has 0 fully saturated rings. The molecule has 0 saturated carbocycles. The zero-order valence-electron chi connectivity index (χ0n) is 57.0. The van der Waals surface area contributed by atoms with Crippen molar-refractivity contribution in [1.82, 2.24) is 25.8 Å². The van der Waals surface area contributed by atoms with Gasteiger partial charge < -0.3 is 23.7 Å². The van der Waals surface area contributed by atoms with Crippen LogP contribution in [-0.2, 0) is 62.0 Å². The van der Waals surface area contributed by atoms with Crippen LogP contribution in [-0.4, -0.2) is 104 Å². The van der Waals surface area contributed by atoms with Crippen LogP contribution in [0.3, 0.4) is 0 Å². The molecule has 89 heavy (non-hydrogen) atoms. The number of carbonyl (C=O) groups excluding carboxylic acids is 9. The fourth-order valence-corrected chi connectivity index (χ4v) is 9.36. The Morgan fingerprint density at radius 2 is 0.708 bits per heavy atom. The van der Waals surface area contributed by atoms with E-state index in [-0.39, 0.29) is 47.9 Å². The van der Waals surface area contributed by atoms with Gasteiger partial charge in [0.15, 0.2) is 5.82 Å². The van der Waals surface area contributed by atoms with Crippen LogP contribution in [0.4, 0.5) is 0 Å². The van der Waals surface area contributed by atoms with E-state index >= 15 is 0 Å². The molecule has 0 radical (unpaired) electrons. The first-order chi connectivity index (χ1) is 43.2. The monoisotopic (exact) mass is 1260 g/mol. The molecule has 1 aromatic rings. The number of hydrogen-bond donors (Lipinski definition) is 1. The normalized spacial score (nSPS) is 12.0. The van der Waals surface area contributed by atoms with E-state index in [1.165, 1.54) is 209 Å². The summed E-state index contributed by atoms with van der Waals surface area (Å²) in [5.41, 5.74) is 5.68. The molecule has 510 valence electrons. The van der Waals surface area contributed by atoms with Gasteiger partial charge in [-0.25, -0.2) is 9.59 Å². The van der Waals surface area contributed by atoms with E-state index in [0.29, 0.717) is 30.8 Å². The summed E-state index contributed by atoms with van der Waals surface area (Å²) in [7, 11) is 7.01. The second-order valence-electron chi connectivity index (χ2n) is 22.0. The van der Waals surface area contributed by atoms with Gasteiger partial charge in [-0.05, 0) is 109 Å². The number of nitrogens with zero attached hydrogens (tertiary/aromatic N) is 5. The zero-order valence-corrected chi connectivity index (χ0v) is 57.0. The number of allylic oxidation sites excluding steroid dienone is 5. The SMILES string of the molecule is CCCCCCCC/C=C\CCCCCCCC(=O)OC.CCCCCCCC/C=C\CCCCCCCC(=O)OC.CCCCCCCCC1C(C)=NNC(C(=O)OC)=C1CCCCCCCC(=O)OC.COC(=O)c1nnc(C)nn1.O=C=O.O=C=O. The molecule has 1 N–H and O–H groups in total. The lowest BCUT2D eigenvalue weighted by Crippen LogP contribution is -2.31. The van der Waals surface area contributed by atoms with Crippen LogP contribution in [0.2, 0.25) is 0 Å². The Bertz CT molecular complexity index is 1990. The summed E-state index contributed by atoms with van der Waals surface area (Å²) in [5, 5.41) is 18.3. The summed E-state index contributed by atoms with van der Waals surface area (Å²) in [6.45, 7) is 10.4. The number of carbonyl (C=O) groups is 5. The minimum atomic E-state index is -0.634. The van der Waals surface area contributed by atoms with E-state index < -0.39 is 5.97 Å². The van der Waals surface area contributed by atoms with E-state index in [4.69, 9.17) is 23.9 Å². The largest absolute Gasteiger partial charge is 0.469 e. The smallest absolute Gasteiger partial charge is 0.379 e. The summed E-state index contributed by atoms with van der Waals surface area (Å²) in [5.74, 6) is -0.734. The first-order valence-electron chi connectivity index (χ1n) is 33.5. The Morgan fingerprint density at radius 3 is 1.03 bits per heavy atom. The fraction of sp³-hybridized carbons (Fsp3) is 0.768. The van der Waals surface area contributed by atoms with Crippen LogP contribution in [0.5, 0.6) is 0 Å². The molecule has 20 heteroatoms. The third-order valence-electron chi connectivity index (χ3n) is 14.6. The average Bonchev–Trinajstić information content (AvgIpc) is 1.34. The molecule has 2 heterocycles. The van der Waals surface area contributed by atoms with E-state index in [2.05, 4.69) is 102 Å². The number of ether oxygens (including phenoxy) is 5. The predicted octanol–water partition coefficient (Wildman–Crippen LogP) is 16.3. The van der Waals surface area contributed by atoms with Gasteiger partial charge in [0.05, 0.1) is 35.5 Å². The number of nitrogens with one attached hydrogen (secondary N) is 1. The number of hydrazone groups is 1. The summed E-state index contributed by atoms with van der Waals surface area (Å²) in [4.78, 5) is 88.5. The quantitative estimate of drug-likeness (QED) is 0.0275. The highest BCUT2D eigenvalue weighted by Gasteiger charge is 2.28. The lowest BCUT2D eigenvalue weighted by molar-refractivity contribution is -0.193. The molecule has 0 bridgehead atoms. The van der Waals surface area contributed by atoms with Crippen LogP contribution in [0.25, 0.3) is 0 Å². The predicted molar refractivity (Wildman–Crippen MR) is 348 cm³/mol. The van der Waals surface area contributed by atoms with Gasteiger partial charge in [-0.1, -0.05) is 206 Å². The Labute approximate surface area is 536 Å². The summed E-state index contributed by atoms with van der Waals surface area (Å²) < 4.78 is 23.2. The van der Waals surface area contributed by atoms with Gasteiger partial charge in [0, 0.05) is 30.9 Å². The molecule has 1 aromatic heterocycles. The molecule has 1 aliphatic rings. The maximum absolute atomic E-state index is 12.3. The Kier molecular flexibility index (Phi) is 72.6. The van der Waals surface area contributed by atoms with E-state index in [9.17, 15) is 24.0 Å². The first kappa shape index (κ1) is 89.2. The van der Waals surface area contributed by atoms with E-state index in [0.717, 1.165) is 88.3 Å². The second kappa shape index (κ2) is 72.5. The van der Waals surface area contributed by atoms with Gasteiger partial charge in [-0.2, -0.15) is 24.3 Å². The fourth-order valence-electron chi connectivity index (χ4n) is 9.36. The molecule has 1 aliphatic heterocycles. The molecule has 0 spiro atoms. The highest BCUT2D eigenvalue weighted by Crippen LogP contribution is 2.31. The lowest BCUT2D eigenvalue weighted by Gasteiger charge is -2.27. The second-order valence-corrected chi connectivity index (χ2v) is 22.0. The van der Waals surface area contributed by atoms with E-state index in [1.54, 1.807) is 6.92 Å². The maximum atomic E-state index is 12.3. The van der Waals surface area contributed by atoms with Gasteiger partial charge >= 0.3 is 42.1 Å². The van der Waals surface area contributed by atoms with Crippen LogP contribution in [0.15, 0.2) is 40.7 Å². The highest BCUT2D eigenvalue weighted by atomic mass is 16.5. The van der Waals surface area contributed by atoms with Crippen molar-refractivity contribution in [2.75, 3.05) is 35.5 Å². The molecule has 0 saturated heterocycles. The number of aryl methyl sites for hydroxylation is 1. The molecular formula is C69H120N6O14. The lowest BCUT2D eigenvalue weighted by atomic mass is 9.84. The van der Waals surface area contributed by atoms with Crippen LogP contribution in [0, 0.1) is 12.8 Å². The Hall–Kier alpha value is -6.26. The van der Waals surface area contributed by atoms with Gasteiger partial charge in [0.25, 0.3) is 5.82 Å². The minimum Gasteiger partial charge on any atom is -0.469 e. The van der Waals surface area contributed by atoms with Gasteiger partial charge in [-0.3, -0.25) is 19.8 Å². The van der Waals surface area contributed by atoms with Crippen molar-refractivity contribution in [3.05, 3.63) is 47.2 Å². The molecule has 1 unspecified atom stereocenters. The van der Waals surface area contributed by atoms with Gasteiger partial charge in [0.2, 0.25) is 0 Å². The Balaban J connectivity index is -0.000000546. The summed E-state index contributed by atoms with van der Waals surface area (Å²) in [6.07, 6.45) is 59.5. The highest BCUT2D eigenvalue weighted by molar-refractivity contribution is 5.95. The van der Waals surface area contributed by atoms with Crippen LogP contribution in [0.1, 0.15) is 314 Å². The van der Waals surface area contributed by atoms with Crippen molar-refractivity contribution < 1.29 is 66.8 Å². The topological polar surface area (TPSA) is 276 Å². The van der Waals surface area contributed by atoms with Crippen molar-refractivity contribution in [2.45, 2.75) is 304 Å². The molecule has 20 nitrogen and oxygen atoms in total. The molecule has 2 rings (SSSR count). The standard InChI is InChI=1S/C24H42N2O4.2C19H36O2.C5H6N4O2.2CO2/c1-5-6-7-8-10-13-16-20-19(2)25-26-23(24(28)30-4)21(20)17-14-11-9-12-15-18-22(27)29-3;2*1-3-4-5-6-7-8-9-10-11-12-13-14-15-16-17-18-19(20)21-2;1-3-6-8-4(9-7-3)5(10)11-2;2*2-1-3/h20,26H,5-18H2,1-4H3;2*10-11H,3-9,12-18H2,1-2H3;1-2H3;;/b;2*11-10-;;;. The number of methoxy groups -OCH3 is 5. The number of esters is 5. The van der Waals surface area contributed by atoms with Crippen molar-refractivity contribution in [3.63, 3.8) is 0 Å². The number of rotatable bonds is 47. The molecule has 0 aliphatic carbocycles. The Morgan fingerprint density at radius 1 is 0.404 bits per heavy atom. The van der Waals surface area contributed by atoms with Crippen molar-refractivity contribution in [1.29, 1.82) is 0 Å². The van der Waals surface area contributed by atoms with Gasteiger partial charge in [0.1, 0.15) is 5.70 Å². The number of aromatic nitrogens is 4. The number of hydrogen-bond acceptors (Lipinski definition) is 20. The summed E-state index contributed by atoms with van der Waals surface area (Å²) >= 11 is 0. The van der Waals surface area contributed by atoms with Crippen LogP contribution < -0.4 is 5.43 Å². The van der Waals surface area contributed by atoms with Crippen molar-refractivity contribution in [2.24, 2.45) is 11.0 Å². The average molecular weight is 1260 g/mol. The first-order valence-corrected chi connectivity index (χ1v) is 33.5. The van der Waals surface area contributed by atoms with Gasteiger partial charge in [-0.15, -0.1) is 20.4 Å².